The molecule has 1 rings (SSSR count). The fraction of sp³-hybridized carbons (Fsp3) is 0.684. The molecule has 0 aliphatic heterocycles. The SMILES string of the molecule is CCC(c1ccc(O)cc1)N(CCC(C)C)CCC(C)C. The molecule has 0 heterocycles. The van der Waals surface area contributed by atoms with Crippen LogP contribution in [-0.2, 0) is 0 Å². The summed E-state index contributed by atoms with van der Waals surface area (Å²) in [7, 11) is 0. The molecule has 0 amide bonds. The van der Waals surface area contributed by atoms with Gasteiger partial charge in [-0.3, -0.25) is 4.90 Å². The van der Waals surface area contributed by atoms with Crippen molar-refractivity contribution >= 4 is 0 Å². The Kier molecular flexibility index (Phi) is 7.81. The summed E-state index contributed by atoms with van der Waals surface area (Å²) in [6.07, 6.45) is 3.60. The van der Waals surface area contributed by atoms with Crippen LogP contribution in [0.15, 0.2) is 24.3 Å². The van der Waals surface area contributed by atoms with Gasteiger partial charge in [0.15, 0.2) is 0 Å². The maximum atomic E-state index is 9.49. The van der Waals surface area contributed by atoms with E-state index in [1.54, 1.807) is 12.1 Å². The molecule has 1 N–H and O–H groups in total. The average Bonchev–Trinajstić information content (AvgIpc) is 2.43. The van der Waals surface area contributed by atoms with Crippen molar-refractivity contribution in [3.05, 3.63) is 29.8 Å². The van der Waals surface area contributed by atoms with Crippen molar-refractivity contribution in [2.45, 2.75) is 59.9 Å². The van der Waals surface area contributed by atoms with Gasteiger partial charge in [-0.25, -0.2) is 0 Å². The molecule has 0 bridgehead atoms. The molecule has 0 spiro atoms. The van der Waals surface area contributed by atoms with E-state index in [0.717, 1.165) is 31.3 Å². The fourth-order valence-electron chi connectivity index (χ4n) is 2.67. The molecule has 0 aromatic heterocycles. The topological polar surface area (TPSA) is 23.5 Å². The van der Waals surface area contributed by atoms with Crippen molar-refractivity contribution in [3.8, 4) is 5.75 Å². The minimum absolute atomic E-state index is 0.351. The van der Waals surface area contributed by atoms with E-state index in [1.807, 2.05) is 0 Å². The van der Waals surface area contributed by atoms with Crippen LogP contribution in [0, 0.1) is 11.8 Å². The summed E-state index contributed by atoms with van der Waals surface area (Å²) in [5.41, 5.74) is 1.32. The van der Waals surface area contributed by atoms with Gasteiger partial charge < -0.3 is 5.11 Å². The third kappa shape index (κ3) is 6.52. The van der Waals surface area contributed by atoms with Gasteiger partial charge in [0.05, 0.1) is 0 Å². The van der Waals surface area contributed by atoms with E-state index < -0.39 is 0 Å². The van der Waals surface area contributed by atoms with E-state index >= 15 is 0 Å². The highest BCUT2D eigenvalue weighted by atomic mass is 16.3. The second-order valence-corrected chi connectivity index (χ2v) is 6.92. The van der Waals surface area contributed by atoms with Crippen LogP contribution >= 0.6 is 0 Å². The second kappa shape index (κ2) is 9.09. The summed E-state index contributed by atoms with van der Waals surface area (Å²) in [6, 6.07) is 8.22. The zero-order valence-corrected chi connectivity index (χ0v) is 14.5. The Hall–Kier alpha value is -1.02. The number of benzene rings is 1. The first-order chi connectivity index (χ1) is 9.93. The molecule has 0 aliphatic carbocycles. The number of aromatic hydroxyl groups is 1. The summed E-state index contributed by atoms with van der Waals surface area (Å²) in [6.45, 7) is 13.7. The van der Waals surface area contributed by atoms with Crippen LogP contribution in [0.25, 0.3) is 0 Å². The highest BCUT2D eigenvalue weighted by Crippen LogP contribution is 2.27. The van der Waals surface area contributed by atoms with Crippen LogP contribution in [0.4, 0.5) is 0 Å². The Bertz CT molecular complexity index is 371. The third-order valence-electron chi connectivity index (χ3n) is 4.09. The maximum absolute atomic E-state index is 9.49. The minimum atomic E-state index is 0.351. The van der Waals surface area contributed by atoms with E-state index in [4.69, 9.17) is 0 Å². The molecular formula is C19H33NO. The standard InChI is InChI=1S/C19H33NO/c1-6-19(17-7-9-18(21)10-8-17)20(13-11-15(2)3)14-12-16(4)5/h7-10,15-16,19,21H,6,11-14H2,1-5H3. The van der Waals surface area contributed by atoms with E-state index in [0.29, 0.717) is 11.8 Å². The zero-order valence-electron chi connectivity index (χ0n) is 14.5. The lowest BCUT2D eigenvalue weighted by Crippen LogP contribution is -2.32. The number of hydrogen-bond donors (Lipinski definition) is 1. The van der Waals surface area contributed by atoms with Crippen LogP contribution in [0.2, 0.25) is 0 Å². The normalized spacial score (nSPS) is 13.3. The van der Waals surface area contributed by atoms with E-state index in [2.05, 4.69) is 51.7 Å². The molecule has 1 aromatic carbocycles. The van der Waals surface area contributed by atoms with E-state index in [1.165, 1.54) is 18.4 Å². The summed E-state index contributed by atoms with van der Waals surface area (Å²) < 4.78 is 0. The van der Waals surface area contributed by atoms with Crippen LogP contribution < -0.4 is 0 Å². The van der Waals surface area contributed by atoms with Gasteiger partial charge >= 0.3 is 0 Å². The monoisotopic (exact) mass is 291 g/mol. The molecule has 21 heavy (non-hydrogen) atoms. The van der Waals surface area contributed by atoms with Crippen molar-refractivity contribution in [1.29, 1.82) is 0 Å². The number of nitrogens with zero attached hydrogens (tertiary/aromatic N) is 1. The predicted octanol–water partition coefficient (Wildman–Crippen LogP) is 5.24. The van der Waals surface area contributed by atoms with Crippen LogP contribution in [-0.4, -0.2) is 23.1 Å². The highest BCUT2D eigenvalue weighted by Gasteiger charge is 2.19. The molecule has 1 atom stereocenters. The highest BCUT2D eigenvalue weighted by molar-refractivity contribution is 5.28. The average molecular weight is 291 g/mol. The van der Waals surface area contributed by atoms with Crippen molar-refractivity contribution in [2.24, 2.45) is 11.8 Å². The number of phenols is 1. The molecule has 2 heteroatoms. The first-order valence-electron chi connectivity index (χ1n) is 8.47. The Balaban J connectivity index is 2.82. The van der Waals surface area contributed by atoms with Gasteiger partial charge in [0.25, 0.3) is 0 Å². The van der Waals surface area contributed by atoms with Crippen LogP contribution in [0.3, 0.4) is 0 Å². The summed E-state index contributed by atoms with van der Waals surface area (Å²) in [5.74, 6) is 1.83. The first kappa shape index (κ1) is 18.0. The van der Waals surface area contributed by atoms with E-state index in [9.17, 15) is 5.11 Å². The van der Waals surface area contributed by atoms with Crippen LogP contribution in [0.1, 0.15) is 65.5 Å². The van der Waals surface area contributed by atoms with Gasteiger partial charge in [-0.15, -0.1) is 0 Å². The van der Waals surface area contributed by atoms with Crippen molar-refractivity contribution < 1.29 is 5.11 Å². The second-order valence-electron chi connectivity index (χ2n) is 6.92. The molecule has 1 unspecified atom stereocenters. The van der Waals surface area contributed by atoms with Crippen molar-refractivity contribution in [3.63, 3.8) is 0 Å². The molecule has 2 nitrogen and oxygen atoms in total. The molecule has 120 valence electrons. The molecule has 0 aliphatic rings. The Labute approximate surface area is 131 Å². The van der Waals surface area contributed by atoms with E-state index in [-0.39, 0.29) is 0 Å². The fourth-order valence-corrected chi connectivity index (χ4v) is 2.67. The van der Waals surface area contributed by atoms with Gasteiger partial charge in [-0.1, -0.05) is 46.8 Å². The van der Waals surface area contributed by atoms with Crippen molar-refractivity contribution in [1.82, 2.24) is 4.90 Å². The minimum Gasteiger partial charge on any atom is -0.508 e. The quantitative estimate of drug-likeness (QED) is 0.672. The smallest absolute Gasteiger partial charge is 0.115 e. The Morgan fingerprint density at radius 1 is 0.905 bits per heavy atom. The predicted molar refractivity (Wildman–Crippen MR) is 91.6 cm³/mol. The Morgan fingerprint density at radius 2 is 1.38 bits per heavy atom. The number of rotatable bonds is 9. The summed E-state index contributed by atoms with van der Waals surface area (Å²) in [4.78, 5) is 2.63. The number of hydrogen-bond acceptors (Lipinski definition) is 2. The van der Waals surface area contributed by atoms with Crippen molar-refractivity contribution in [2.75, 3.05) is 13.1 Å². The maximum Gasteiger partial charge on any atom is 0.115 e. The number of phenolic OH excluding ortho intramolecular Hbond substituents is 1. The van der Waals surface area contributed by atoms with Gasteiger partial charge in [-0.2, -0.15) is 0 Å². The molecule has 1 aromatic rings. The third-order valence-corrected chi connectivity index (χ3v) is 4.09. The zero-order chi connectivity index (χ0) is 15.8. The summed E-state index contributed by atoms with van der Waals surface area (Å²) >= 11 is 0. The lowest BCUT2D eigenvalue weighted by Gasteiger charge is -2.32. The van der Waals surface area contributed by atoms with Gasteiger partial charge in [0, 0.05) is 6.04 Å². The lowest BCUT2D eigenvalue weighted by molar-refractivity contribution is 0.172. The van der Waals surface area contributed by atoms with Gasteiger partial charge in [0.1, 0.15) is 5.75 Å². The molecule has 0 fully saturated rings. The largest absolute Gasteiger partial charge is 0.508 e. The lowest BCUT2D eigenvalue weighted by atomic mass is 10.00. The molecular weight excluding hydrogens is 258 g/mol. The van der Waals surface area contributed by atoms with Gasteiger partial charge in [-0.05, 0) is 61.9 Å². The molecule has 0 saturated carbocycles. The van der Waals surface area contributed by atoms with Crippen LogP contribution in [0.5, 0.6) is 5.75 Å². The summed E-state index contributed by atoms with van der Waals surface area (Å²) in [5, 5.41) is 9.49. The van der Waals surface area contributed by atoms with Gasteiger partial charge in [0.2, 0.25) is 0 Å². The Morgan fingerprint density at radius 3 is 1.76 bits per heavy atom. The first-order valence-corrected chi connectivity index (χ1v) is 8.47. The molecule has 0 saturated heterocycles. The molecule has 0 radical (unpaired) electrons.